The quantitative estimate of drug-likeness (QED) is 0.492. The Bertz CT molecular complexity index is 340. The summed E-state index contributed by atoms with van der Waals surface area (Å²) in [5.41, 5.74) is 0.287. The zero-order valence-electron chi connectivity index (χ0n) is 6.31. The van der Waals surface area contributed by atoms with E-state index in [1.165, 1.54) is 19.4 Å². The summed E-state index contributed by atoms with van der Waals surface area (Å²) in [6, 6.07) is 0. The van der Waals surface area contributed by atoms with Crippen molar-refractivity contribution in [2.24, 2.45) is 0 Å². The molecule has 1 aromatic rings. The standard InChI is InChI=1S/C7H5N3O2/c1-10-6(11)4-5(7(10)12)9-3-2-8-4/h2-3H,1H3. The summed E-state index contributed by atoms with van der Waals surface area (Å²) in [6.45, 7) is 0. The van der Waals surface area contributed by atoms with Crippen molar-refractivity contribution in [1.29, 1.82) is 0 Å². The van der Waals surface area contributed by atoms with E-state index in [-0.39, 0.29) is 23.2 Å². The summed E-state index contributed by atoms with van der Waals surface area (Å²) in [5.74, 6) is -0.772. The Morgan fingerprint density at radius 2 is 1.50 bits per heavy atom. The Balaban J connectivity index is 2.67. The minimum absolute atomic E-state index is 0.144. The Kier molecular flexibility index (Phi) is 1.21. The number of aromatic nitrogens is 2. The maximum Gasteiger partial charge on any atom is 0.281 e. The fourth-order valence-electron chi connectivity index (χ4n) is 1.06. The summed E-state index contributed by atoms with van der Waals surface area (Å²) in [7, 11) is 1.41. The lowest BCUT2D eigenvalue weighted by Gasteiger charge is -2.01. The molecular formula is C7H5N3O2. The second kappa shape index (κ2) is 2.10. The third-order valence-electron chi connectivity index (χ3n) is 1.71. The van der Waals surface area contributed by atoms with Crippen LogP contribution in [-0.4, -0.2) is 33.7 Å². The molecule has 12 heavy (non-hydrogen) atoms. The summed E-state index contributed by atoms with van der Waals surface area (Å²) in [6.07, 6.45) is 2.78. The van der Waals surface area contributed by atoms with Crippen LogP contribution < -0.4 is 0 Å². The van der Waals surface area contributed by atoms with E-state index in [1.807, 2.05) is 0 Å². The highest BCUT2D eigenvalue weighted by atomic mass is 16.2. The van der Waals surface area contributed by atoms with Crippen LogP contribution in [0.15, 0.2) is 12.4 Å². The maximum absolute atomic E-state index is 11.2. The summed E-state index contributed by atoms with van der Waals surface area (Å²) < 4.78 is 0. The van der Waals surface area contributed by atoms with Crippen LogP contribution in [0.3, 0.4) is 0 Å². The molecule has 0 bridgehead atoms. The highest BCUT2D eigenvalue weighted by molar-refractivity contribution is 6.19. The van der Waals surface area contributed by atoms with E-state index in [2.05, 4.69) is 9.97 Å². The molecule has 0 saturated carbocycles. The lowest BCUT2D eigenvalue weighted by atomic mass is 10.3. The van der Waals surface area contributed by atoms with E-state index in [0.717, 1.165) is 4.90 Å². The molecule has 2 heterocycles. The van der Waals surface area contributed by atoms with Gasteiger partial charge < -0.3 is 0 Å². The van der Waals surface area contributed by atoms with Crippen molar-refractivity contribution in [3.05, 3.63) is 23.8 Å². The monoisotopic (exact) mass is 163 g/mol. The fourth-order valence-corrected chi connectivity index (χ4v) is 1.06. The van der Waals surface area contributed by atoms with Crippen molar-refractivity contribution in [2.75, 3.05) is 7.05 Å². The maximum atomic E-state index is 11.2. The van der Waals surface area contributed by atoms with Gasteiger partial charge in [-0.15, -0.1) is 0 Å². The molecule has 1 aliphatic rings. The average Bonchev–Trinajstić information content (AvgIpc) is 2.33. The van der Waals surface area contributed by atoms with Gasteiger partial charge in [0.2, 0.25) is 0 Å². The second-order valence-corrected chi connectivity index (χ2v) is 2.42. The van der Waals surface area contributed by atoms with E-state index in [4.69, 9.17) is 0 Å². The molecule has 5 nitrogen and oxygen atoms in total. The SMILES string of the molecule is CN1C(=O)c2nccnc2C1=O. The minimum atomic E-state index is -0.386. The van der Waals surface area contributed by atoms with Crippen molar-refractivity contribution < 1.29 is 9.59 Å². The molecule has 0 radical (unpaired) electrons. The second-order valence-electron chi connectivity index (χ2n) is 2.42. The predicted molar refractivity (Wildman–Crippen MR) is 38.5 cm³/mol. The van der Waals surface area contributed by atoms with Gasteiger partial charge in [-0.1, -0.05) is 0 Å². The lowest BCUT2D eigenvalue weighted by Crippen LogP contribution is -2.24. The van der Waals surface area contributed by atoms with Gasteiger partial charge in [0.15, 0.2) is 11.4 Å². The number of amides is 2. The molecule has 2 amide bonds. The van der Waals surface area contributed by atoms with Gasteiger partial charge in [-0.3, -0.25) is 14.5 Å². The fraction of sp³-hybridized carbons (Fsp3) is 0.143. The van der Waals surface area contributed by atoms with Gasteiger partial charge in [0, 0.05) is 19.4 Å². The topological polar surface area (TPSA) is 63.2 Å². The van der Waals surface area contributed by atoms with Crippen LogP contribution in [0.1, 0.15) is 21.0 Å². The third-order valence-corrected chi connectivity index (χ3v) is 1.71. The van der Waals surface area contributed by atoms with Gasteiger partial charge in [0.05, 0.1) is 0 Å². The van der Waals surface area contributed by atoms with Crippen molar-refractivity contribution >= 4 is 11.8 Å². The van der Waals surface area contributed by atoms with Gasteiger partial charge >= 0.3 is 0 Å². The van der Waals surface area contributed by atoms with Gasteiger partial charge in [-0.05, 0) is 0 Å². The number of rotatable bonds is 0. The Hall–Kier alpha value is -1.78. The smallest absolute Gasteiger partial charge is 0.275 e. The van der Waals surface area contributed by atoms with E-state index in [0.29, 0.717) is 0 Å². The summed E-state index contributed by atoms with van der Waals surface area (Å²) in [4.78, 5) is 31.0. The van der Waals surface area contributed by atoms with Crippen molar-refractivity contribution in [2.45, 2.75) is 0 Å². The molecule has 0 aliphatic carbocycles. The number of hydrogen-bond acceptors (Lipinski definition) is 4. The van der Waals surface area contributed by atoms with E-state index in [9.17, 15) is 9.59 Å². The van der Waals surface area contributed by atoms with Crippen LogP contribution >= 0.6 is 0 Å². The largest absolute Gasteiger partial charge is 0.281 e. The molecule has 0 N–H and O–H groups in total. The van der Waals surface area contributed by atoms with E-state index < -0.39 is 0 Å². The molecule has 0 spiro atoms. The van der Waals surface area contributed by atoms with Crippen molar-refractivity contribution in [3.8, 4) is 0 Å². The van der Waals surface area contributed by atoms with Crippen molar-refractivity contribution in [1.82, 2.24) is 14.9 Å². The highest BCUT2D eigenvalue weighted by Crippen LogP contribution is 2.15. The number of nitrogens with zero attached hydrogens (tertiary/aromatic N) is 3. The molecule has 2 rings (SSSR count). The van der Waals surface area contributed by atoms with Crippen LogP contribution in [-0.2, 0) is 0 Å². The molecule has 0 fully saturated rings. The van der Waals surface area contributed by atoms with Gasteiger partial charge in [-0.2, -0.15) is 0 Å². The van der Waals surface area contributed by atoms with Gasteiger partial charge in [0.1, 0.15) is 0 Å². The average molecular weight is 163 g/mol. The zero-order chi connectivity index (χ0) is 8.72. The molecule has 0 unspecified atom stereocenters. The van der Waals surface area contributed by atoms with Gasteiger partial charge in [-0.25, -0.2) is 9.97 Å². The Morgan fingerprint density at radius 1 is 1.08 bits per heavy atom. The zero-order valence-corrected chi connectivity index (χ0v) is 6.31. The minimum Gasteiger partial charge on any atom is -0.275 e. The highest BCUT2D eigenvalue weighted by Gasteiger charge is 2.35. The number of hydrogen-bond donors (Lipinski definition) is 0. The third kappa shape index (κ3) is 0.674. The summed E-state index contributed by atoms with van der Waals surface area (Å²) >= 11 is 0. The number of carbonyl (C=O) groups is 2. The first-order chi connectivity index (χ1) is 5.72. The molecule has 60 valence electrons. The first kappa shape index (κ1) is 6.90. The number of fused-ring (bicyclic) bond motifs is 1. The van der Waals surface area contributed by atoms with Crippen LogP contribution in [0.25, 0.3) is 0 Å². The number of carbonyl (C=O) groups excluding carboxylic acids is 2. The molecule has 5 heteroatoms. The first-order valence-electron chi connectivity index (χ1n) is 3.35. The predicted octanol–water partition coefficient (Wildman–Crippen LogP) is -0.298. The molecule has 0 aromatic carbocycles. The Morgan fingerprint density at radius 3 is 1.92 bits per heavy atom. The molecule has 1 aliphatic heterocycles. The van der Waals surface area contributed by atoms with Gasteiger partial charge in [0.25, 0.3) is 11.8 Å². The molecule has 0 atom stereocenters. The van der Waals surface area contributed by atoms with Crippen LogP contribution in [0, 0.1) is 0 Å². The van der Waals surface area contributed by atoms with Crippen LogP contribution in [0.4, 0.5) is 0 Å². The molecule has 0 saturated heterocycles. The first-order valence-corrected chi connectivity index (χ1v) is 3.35. The molecular weight excluding hydrogens is 158 g/mol. The van der Waals surface area contributed by atoms with Crippen LogP contribution in [0.5, 0.6) is 0 Å². The van der Waals surface area contributed by atoms with Crippen molar-refractivity contribution in [3.63, 3.8) is 0 Å². The summed E-state index contributed by atoms with van der Waals surface area (Å²) in [5, 5.41) is 0. The Labute approximate surface area is 68.0 Å². The van der Waals surface area contributed by atoms with E-state index >= 15 is 0 Å². The molecule has 1 aromatic heterocycles. The lowest BCUT2D eigenvalue weighted by molar-refractivity contribution is 0.0689. The normalized spacial score (nSPS) is 15.2. The number of imide groups is 1. The van der Waals surface area contributed by atoms with E-state index in [1.54, 1.807) is 0 Å². The van der Waals surface area contributed by atoms with Crippen LogP contribution in [0.2, 0.25) is 0 Å².